The van der Waals surface area contributed by atoms with Gasteiger partial charge in [-0.15, -0.1) is 5.10 Å². The van der Waals surface area contributed by atoms with Crippen LogP contribution in [-0.4, -0.2) is 33.4 Å². The van der Waals surface area contributed by atoms with Gasteiger partial charge in [0.1, 0.15) is 13.2 Å². The molecule has 0 unspecified atom stereocenters. The van der Waals surface area contributed by atoms with Crippen molar-refractivity contribution in [1.82, 2.24) is 25.5 Å². The lowest BCUT2D eigenvalue weighted by atomic mass is 10.0. The van der Waals surface area contributed by atoms with E-state index in [9.17, 15) is 0 Å². The number of nitrogens with zero attached hydrogens (tertiary/aromatic N) is 4. The Morgan fingerprint density at radius 1 is 1.25 bits per heavy atom. The van der Waals surface area contributed by atoms with Crippen LogP contribution in [0.4, 0.5) is 0 Å². The van der Waals surface area contributed by atoms with Gasteiger partial charge in [0.05, 0.1) is 12.1 Å². The number of benzene rings is 1. The molecular formula is C17H23N5O2. The maximum Gasteiger partial charge on any atom is 0.168 e. The molecule has 0 spiro atoms. The molecule has 2 aliphatic rings. The highest BCUT2D eigenvalue weighted by Crippen LogP contribution is 2.36. The number of hydrogen-bond acceptors (Lipinski definition) is 6. The van der Waals surface area contributed by atoms with Gasteiger partial charge in [-0.25, -0.2) is 4.68 Å². The van der Waals surface area contributed by atoms with E-state index in [1.54, 1.807) is 0 Å². The molecule has 0 bridgehead atoms. The maximum absolute atomic E-state index is 5.71. The molecule has 2 aromatic rings. The minimum atomic E-state index is 0.0822. The topological polar surface area (TPSA) is 74.1 Å². The van der Waals surface area contributed by atoms with Crippen molar-refractivity contribution in [1.29, 1.82) is 0 Å². The summed E-state index contributed by atoms with van der Waals surface area (Å²) in [6.45, 7) is 5.51. The van der Waals surface area contributed by atoms with Gasteiger partial charge in [-0.2, -0.15) is 0 Å². The van der Waals surface area contributed by atoms with E-state index < -0.39 is 0 Å². The van der Waals surface area contributed by atoms with Crippen LogP contribution in [0.5, 0.6) is 11.5 Å². The Bertz CT molecular complexity index is 713. The van der Waals surface area contributed by atoms with E-state index in [1.165, 1.54) is 18.4 Å². The summed E-state index contributed by atoms with van der Waals surface area (Å²) in [5.74, 6) is 2.56. The molecule has 2 atom stereocenters. The van der Waals surface area contributed by atoms with Gasteiger partial charge in [0.25, 0.3) is 0 Å². The Kier molecular flexibility index (Phi) is 4.10. The first kappa shape index (κ1) is 15.4. The standard InChI is InChI=1S/C17H23N5O2/c1-3-14(12-4-7-15-16(10-12)24-9-8-23-15)18-11(2)17-19-20-21-22(17)13-5-6-13/h4,7,10-11,13-14,18H,3,5-6,8-9H2,1-2H3/t11-,14-/m1/s1. The van der Waals surface area contributed by atoms with Gasteiger partial charge >= 0.3 is 0 Å². The fourth-order valence-electron chi connectivity index (χ4n) is 3.17. The zero-order valence-corrected chi connectivity index (χ0v) is 14.1. The Morgan fingerprint density at radius 2 is 2.04 bits per heavy atom. The molecule has 0 saturated heterocycles. The Balaban J connectivity index is 1.52. The van der Waals surface area contributed by atoms with E-state index in [2.05, 4.69) is 46.8 Å². The quantitative estimate of drug-likeness (QED) is 0.878. The van der Waals surface area contributed by atoms with Crippen molar-refractivity contribution >= 4 is 0 Å². The fraction of sp³-hybridized carbons (Fsp3) is 0.588. The minimum absolute atomic E-state index is 0.0822. The SMILES string of the molecule is CC[C@@H](N[C@H](C)c1nnnn1C1CC1)c1ccc2c(c1)OCCO2. The maximum atomic E-state index is 5.71. The van der Waals surface area contributed by atoms with Gasteiger partial charge < -0.3 is 14.8 Å². The smallest absolute Gasteiger partial charge is 0.168 e. The van der Waals surface area contributed by atoms with E-state index >= 15 is 0 Å². The van der Waals surface area contributed by atoms with Crippen LogP contribution in [0.2, 0.25) is 0 Å². The highest BCUT2D eigenvalue weighted by molar-refractivity contribution is 5.44. The minimum Gasteiger partial charge on any atom is -0.486 e. The molecule has 0 radical (unpaired) electrons. The molecule has 7 nitrogen and oxygen atoms in total. The molecule has 1 saturated carbocycles. The lowest BCUT2D eigenvalue weighted by Gasteiger charge is -2.24. The molecule has 1 N–H and O–H groups in total. The molecule has 1 aliphatic carbocycles. The molecule has 0 amide bonds. The number of nitrogens with one attached hydrogen (secondary N) is 1. The van der Waals surface area contributed by atoms with Crippen molar-refractivity contribution in [2.45, 2.75) is 51.2 Å². The zero-order chi connectivity index (χ0) is 16.5. The van der Waals surface area contributed by atoms with Crippen molar-refractivity contribution in [3.05, 3.63) is 29.6 Å². The first-order chi connectivity index (χ1) is 11.8. The Morgan fingerprint density at radius 3 is 2.79 bits per heavy atom. The molecule has 1 fully saturated rings. The molecule has 128 valence electrons. The fourth-order valence-corrected chi connectivity index (χ4v) is 3.17. The lowest BCUT2D eigenvalue weighted by Crippen LogP contribution is -2.27. The second kappa shape index (κ2) is 6.39. The normalized spacial score (nSPS) is 19.1. The Labute approximate surface area is 141 Å². The van der Waals surface area contributed by atoms with Crippen LogP contribution in [0.25, 0.3) is 0 Å². The van der Waals surface area contributed by atoms with E-state index in [0.29, 0.717) is 19.3 Å². The summed E-state index contributed by atoms with van der Waals surface area (Å²) < 4.78 is 13.3. The summed E-state index contributed by atoms with van der Waals surface area (Å²) in [4.78, 5) is 0. The van der Waals surface area contributed by atoms with Crippen LogP contribution in [-0.2, 0) is 0 Å². The van der Waals surface area contributed by atoms with Crippen LogP contribution in [0.15, 0.2) is 18.2 Å². The van der Waals surface area contributed by atoms with E-state index in [0.717, 1.165) is 23.7 Å². The van der Waals surface area contributed by atoms with Gasteiger partial charge in [0.2, 0.25) is 0 Å². The highest BCUT2D eigenvalue weighted by atomic mass is 16.6. The van der Waals surface area contributed by atoms with Gasteiger partial charge in [0.15, 0.2) is 17.3 Å². The van der Waals surface area contributed by atoms with Crippen molar-refractivity contribution in [3.8, 4) is 11.5 Å². The summed E-state index contributed by atoms with van der Waals surface area (Å²) in [5.41, 5.74) is 1.19. The van der Waals surface area contributed by atoms with Crippen LogP contribution in [0.1, 0.15) is 62.6 Å². The highest BCUT2D eigenvalue weighted by Gasteiger charge is 2.30. The van der Waals surface area contributed by atoms with Gasteiger partial charge in [0, 0.05) is 6.04 Å². The molecular weight excluding hydrogens is 306 g/mol. The first-order valence-corrected chi connectivity index (χ1v) is 8.69. The average molecular weight is 329 g/mol. The number of rotatable bonds is 6. The van der Waals surface area contributed by atoms with E-state index in [4.69, 9.17) is 9.47 Å². The van der Waals surface area contributed by atoms with Crippen LogP contribution in [0, 0.1) is 0 Å². The zero-order valence-electron chi connectivity index (χ0n) is 14.1. The third-order valence-electron chi connectivity index (χ3n) is 4.63. The number of aromatic nitrogens is 4. The summed E-state index contributed by atoms with van der Waals surface area (Å²) in [7, 11) is 0. The second-order valence-electron chi connectivity index (χ2n) is 6.47. The van der Waals surface area contributed by atoms with E-state index in [1.807, 2.05) is 10.7 Å². The first-order valence-electron chi connectivity index (χ1n) is 8.69. The van der Waals surface area contributed by atoms with Gasteiger partial charge in [-0.05, 0) is 54.3 Å². The molecule has 2 heterocycles. The van der Waals surface area contributed by atoms with Gasteiger partial charge in [-0.1, -0.05) is 13.0 Å². The van der Waals surface area contributed by atoms with Gasteiger partial charge in [-0.3, -0.25) is 0 Å². The van der Waals surface area contributed by atoms with Crippen molar-refractivity contribution in [3.63, 3.8) is 0 Å². The average Bonchev–Trinajstić information content (AvgIpc) is 3.35. The molecule has 1 aromatic carbocycles. The second-order valence-corrected chi connectivity index (χ2v) is 6.47. The predicted molar refractivity (Wildman–Crippen MR) is 88.1 cm³/mol. The third-order valence-corrected chi connectivity index (χ3v) is 4.63. The summed E-state index contributed by atoms with van der Waals surface area (Å²) in [5, 5.41) is 15.9. The number of ether oxygens (including phenoxy) is 2. The summed E-state index contributed by atoms with van der Waals surface area (Å²) >= 11 is 0. The largest absolute Gasteiger partial charge is 0.486 e. The van der Waals surface area contributed by atoms with E-state index in [-0.39, 0.29) is 12.1 Å². The number of hydrogen-bond donors (Lipinski definition) is 1. The van der Waals surface area contributed by atoms with Crippen molar-refractivity contribution in [2.75, 3.05) is 13.2 Å². The van der Waals surface area contributed by atoms with Crippen LogP contribution >= 0.6 is 0 Å². The van der Waals surface area contributed by atoms with Crippen molar-refractivity contribution < 1.29 is 9.47 Å². The molecule has 24 heavy (non-hydrogen) atoms. The van der Waals surface area contributed by atoms with Crippen molar-refractivity contribution in [2.24, 2.45) is 0 Å². The third kappa shape index (κ3) is 2.96. The van der Waals surface area contributed by atoms with Crippen LogP contribution < -0.4 is 14.8 Å². The summed E-state index contributed by atoms with van der Waals surface area (Å²) in [6, 6.07) is 6.94. The predicted octanol–water partition coefficient (Wildman–Crippen LogP) is 2.58. The van der Waals surface area contributed by atoms with Crippen LogP contribution in [0.3, 0.4) is 0 Å². The molecule has 1 aliphatic heterocycles. The molecule has 1 aromatic heterocycles. The monoisotopic (exact) mass is 329 g/mol. The number of fused-ring (bicyclic) bond motifs is 1. The number of tetrazole rings is 1. The Hall–Kier alpha value is -2.15. The lowest BCUT2D eigenvalue weighted by molar-refractivity contribution is 0.171. The molecule has 4 rings (SSSR count). The summed E-state index contributed by atoms with van der Waals surface area (Å²) in [6.07, 6.45) is 3.31. The molecule has 7 heteroatoms.